The monoisotopic (exact) mass is 292 g/mol. The van der Waals surface area contributed by atoms with E-state index in [1.54, 1.807) is 12.1 Å². The van der Waals surface area contributed by atoms with Crippen molar-refractivity contribution in [2.45, 2.75) is 20.3 Å². The van der Waals surface area contributed by atoms with Crippen LogP contribution in [0.15, 0.2) is 12.1 Å². The predicted octanol–water partition coefficient (Wildman–Crippen LogP) is 2.56. The highest BCUT2D eigenvalue weighted by molar-refractivity contribution is 5.77. The molecule has 1 heterocycles. The average Bonchev–Trinajstić information content (AvgIpc) is 2.82. The Morgan fingerprint density at radius 1 is 1.43 bits per heavy atom. The minimum atomic E-state index is -0.306. The fraction of sp³-hybridized carbons (Fsp3) is 0.600. The van der Waals surface area contributed by atoms with Crippen molar-refractivity contribution >= 4 is 17.1 Å². The van der Waals surface area contributed by atoms with Crippen molar-refractivity contribution in [1.82, 2.24) is 4.90 Å². The lowest BCUT2D eigenvalue weighted by Crippen LogP contribution is -2.34. The molecule has 1 aliphatic rings. The maximum atomic E-state index is 11.3. The second kappa shape index (κ2) is 5.89. The first-order valence-corrected chi connectivity index (χ1v) is 7.23. The van der Waals surface area contributed by atoms with Gasteiger partial charge in [0.2, 0.25) is 0 Å². The number of anilines is 2. The van der Waals surface area contributed by atoms with E-state index in [4.69, 9.17) is 0 Å². The van der Waals surface area contributed by atoms with Gasteiger partial charge in [0.15, 0.2) is 0 Å². The summed E-state index contributed by atoms with van der Waals surface area (Å²) < 4.78 is 0. The molecular formula is C15H24N4O2. The van der Waals surface area contributed by atoms with Gasteiger partial charge in [-0.2, -0.15) is 0 Å². The molecule has 116 valence electrons. The first-order chi connectivity index (χ1) is 9.80. The first kappa shape index (κ1) is 15.6. The van der Waals surface area contributed by atoms with Gasteiger partial charge in [-0.3, -0.25) is 10.1 Å². The molecule has 0 saturated carbocycles. The van der Waals surface area contributed by atoms with Crippen LogP contribution in [0.25, 0.3) is 0 Å². The lowest BCUT2D eigenvalue weighted by molar-refractivity contribution is -0.384. The summed E-state index contributed by atoms with van der Waals surface area (Å²) in [6, 6.07) is 3.38. The second-order valence-corrected chi connectivity index (χ2v) is 6.68. The van der Waals surface area contributed by atoms with Gasteiger partial charge in [-0.15, -0.1) is 0 Å². The lowest BCUT2D eigenvalue weighted by atomic mass is 9.92. The van der Waals surface area contributed by atoms with Crippen molar-refractivity contribution in [1.29, 1.82) is 0 Å². The molecule has 0 radical (unpaired) electrons. The molecule has 2 rings (SSSR count). The van der Waals surface area contributed by atoms with E-state index in [9.17, 15) is 10.1 Å². The summed E-state index contributed by atoms with van der Waals surface area (Å²) in [5.41, 5.74) is 2.91. The minimum absolute atomic E-state index is 0.0339. The molecule has 0 atom stereocenters. The first-order valence-electron chi connectivity index (χ1n) is 7.23. The van der Waals surface area contributed by atoms with Crippen LogP contribution in [0.5, 0.6) is 0 Å². The van der Waals surface area contributed by atoms with Crippen LogP contribution >= 0.6 is 0 Å². The van der Waals surface area contributed by atoms with Gasteiger partial charge >= 0.3 is 0 Å². The summed E-state index contributed by atoms with van der Waals surface area (Å²) in [5.74, 6) is 0. The standard InChI is InChI=1S/C15H24N4O2/c1-15(2,10-18(3)4)9-17-14-11-7-8-16-12(11)5-6-13(14)19(20)21/h5-6,16-17H,7-10H2,1-4H3. The number of nitrogens with zero attached hydrogens (tertiary/aromatic N) is 2. The quantitative estimate of drug-likeness (QED) is 0.623. The number of fused-ring (bicyclic) bond motifs is 1. The predicted molar refractivity (Wildman–Crippen MR) is 86.1 cm³/mol. The summed E-state index contributed by atoms with van der Waals surface area (Å²) in [6.07, 6.45) is 0.827. The van der Waals surface area contributed by atoms with Crippen LogP contribution in [0.4, 0.5) is 17.1 Å². The van der Waals surface area contributed by atoms with Crippen LogP contribution in [0.2, 0.25) is 0 Å². The Hall–Kier alpha value is -1.82. The van der Waals surface area contributed by atoms with Crippen LogP contribution < -0.4 is 10.6 Å². The number of rotatable bonds is 6. The Balaban J connectivity index is 2.23. The van der Waals surface area contributed by atoms with Gasteiger partial charge in [0.1, 0.15) is 5.69 Å². The van der Waals surface area contributed by atoms with E-state index in [0.29, 0.717) is 12.2 Å². The highest BCUT2D eigenvalue weighted by Gasteiger charge is 2.26. The second-order valence-electron chi connectivity index (χ2n) is 6.68. The maximum Gasteiger partial charge on any atom is 0.292 e. The third kappa shape index (κ3) is 3.64. The molecule has 21 heavy (non-hydrogen) atoms. The lowest BCUT2D eigenvalue weighted by Gasteiger charge is -2.29. The van der Waals surface area contributed by atoms with E-state index in [2.05, 4.69) is 29.4 Å². The molecule has 6 heteroatoms. The van der Waals surface area contributed by atoms with Crippen molar-refractivity contribution < 1.29 is 4.92 Å². The van der Waals surface area contributed by atoms with Crippen LogP contribution in [0, 0.1) is 15.5 Å². The molecule has 0 unspecified atom stereocenters. The number of hydrogen-bond acceptors (Lipinski definition) is 5. The van der Waals surface area contributed by atoms with E-state index in [1.165, 1.54) is 0 Å². The molecule has 0 bridgehead atoms. The number of hydrogen-bond donors (Lipinski definition) is 2. The van der Waals surface area contributed by atoms with E-state index in [0.717, 1.165) is 30.8 Å². The van der Waals surface area contributed by atoms with Gasteiger partial charge in [0.25, 0.3) is 5.69 Å². The summed E-state index contributed by atoms with van der Waals surface area (Å²) in [5, 5.41) is 17.9. The Morgan fingerprint density at radius 3 is 2.76 bits per heavy atom. The molecule has 0 fully saturated rings. The molecule has 6 nitrogen and oxygen atoms in total. The number of nitrogens with one attached hydrogen (secondary N) is 2. The zero-order valence-corrected chi connectivity index (χ0v) is 13.2. The average molecular weight is 292 g/mol. The minimum Gasteiger partial charge on any atom is -0.384 e. The highest BCUT2D eigenvalue weighted by atomic mass is 16.6. The van der Waals surface area contributed by atoms with Crippen LogP contribution in [0.1, 0.15) is 19.4 Å². The van der Waals surface area contributed by atoms with E-state index in [1.807, 2.05) is 14.1 Å². The van der Waals surface area contributed by atoms with Crippen LogP contribution in [0.3, 0.4) is 0 Å². The Kier molecular flexibility index (Phi) is 4.37. The maximum absolute atomic E-state index is 11.3. The molecule has 0 aliphatic carbocycles. The highest BCUT2D eigenvalue weighted by Crippen LogP contribution is 2.37. The molecule has 0 aromatic heterocycles. The zero-order valence-electron chi connectivity index (χ0n) is 13.2. The van der Waals surface area contributed by atoms with Gasteiger partial charge in [0, 0.05) is 37.0 Å². The molecule has 0 spiro atoms. The van der Waals surface area contributed by atoms with Crippen molar-refractivity contribution in [2.24, 2.45) is 5.41 Å². The molecule has 1 aromatic rings. The SMILES string of the molecule is CN(C)CC(C)(C)CNc1c([N+](=O)[O-])ccc2c1CCN2. The summed E-state index contributed by atoms with van der Waals surface area (Å²) in [4.78, 5) is 13.1. The Labute approximate surface area is 125 Å². The van der Waals surface area contributed by atoms with Gasteiger partial charge in [-0.1, -0.05) is 13.8 Å². The third-order valence-corrected chi connectivity index (χ3v) is 3.67. The van der Waals surface area contributed by atoms with Crippen molar-refractivity contribution in [3.8, 4) is 0 Å². The Bertz CT molecular complexity index is 541. The van der Waals surface area contributed by atoms with Gasteiger partial charge < -0.3 is 15.5 Å². The van der Waals surface area contributed by atoms with Crippen molar-refractivity contribution in [3.05, 3.63) is 27.8 Å². The summed E-state index contributed by atoms with van der Waals surface area (Å²) >= 11 is 0. The topological polar surface area (TPSA) is 70.4 Å². The molecule has 0 saturated heterocycles. The van der Waals surface area contributed by atoms with Gasteiger partial charge in [-0.25, -0.2) is 0 Å². The molecule has 1 aromatic carbocycles. The fourth-order valence-corrected chi connectivity index (χ4v) is 2.97. The Morgan fingerprint density at radius 2 is 2.14 bits per heavy atom. The zero-order chi connectivity index (χ0) is 15.6. The fourth-order valence-electron chi connectivity index (χ4n) is 2.97. The van der Waals surface area contributed by atoms with E-state index >= 15 is 0 Å². The number of benzene rings is 1. The summed E-state index contributed by atoms with van der Waals surface area (Å²) in [6.45, 7) is 6.77. The molecule has 1 aliphatic heterocycles. The van der Waals surface area contributed by atoms with Crippen LogP contribution in [-0.4, -0.2) is 43.6 Å². The smallest absolute Gasteiger partial charge is 0.292 e. The van der Waals surface area contributed by atoms with Crippen molar-refractivity contribution in [3.63, 3.8) is 0 Å². The molecule has 0 amide bonds. The third-order valence-electron chi connectivity index (χ3n) is 3.67. The molecular weight excluding hydrogens is 268 g/mol. The van der Waals surface area contributed by atoms with E-state index in [-0.39, 0.29) is 16.0 Å². The largest absolute Gasteiger partial charge is 0.384 e. The van der Waals surface area contributed by atoms with Crippen LogP contribution in [-0.2, 0) is 6.42 Å². The number of nitro groups is 1. The molecule has 2 N–H and O–H groups in total. The summed E-state index contributed by atoms with van der Waals surface area (Å²) in [7, 11) is 4.07. The van der Waals surface area contributed by atoms with Crippen molar-refractivity contribution in [2.75, 3.05) is 44.4 Å². The number of nitro benzene ring substituents is 1. The van der Waals surface area contributed by atoms with Gasteiger partial charge in [0.05, 0.1) is 4.92 Å². The van der Waals surface area contributed by atoms with Gasteiger partial charge in [-0.05, 0) is 32.0 Å². The van der Waals surface area contributed by atoms with E-state index < -0.39 is 0 Å². The normalized spacial score (nSPS) is 14.0.